The maximum Gasteiger partial charge on any atom is 0.306 e. The summed E-state index contributed by atoms with van der Waals surface area (Å²) in [5.41, 5.74) is 5.49. The van der Waals surface area contributed by atoms with Crippen molar-refractivity contribution in [1.82, 2.24) is 4.90 Å². The lowest BCUT2D eigenvalue weighted by Crippen LogP contribution is -2.54. The number of nitrogens with two attached hydrogens (primary N) is 1. The highest BCUT2D eigenvalue weighted by atomic mass is 16.5. The van der Waals surface area contributed by atoms with Gasteiger partial charge in [0.05, 0.1) is 24.5 Å². The number of nitrogens with zero attached hydrogens (tertiary/aromatic N) is 1. The predicted molar refractivity (Wildman–Crippen MR) is 77.7 cm³/mol. The van der Waals surface area contributed by atoms with Crippen LogP contribution in [-0.4, -0.2) is 54.2 Å². The number of morpholine rings is 1. The SMILES string of the molecule is CC1CCC(CN)(C(=O)N2CCOC(CC(=O)O)C2)CC1. The van der Waals surface area contributed by atoms with E-state index in [9.17, 15) is 9.59 Å². The van der Waals surface area contributed by atoms with Gasteiger partial charge < -0.3 is 20.5 Å². The number of hydrogen-bond donors (Lipinski definition) is 2. The lowest BCUT2D eigenvalue weighted by molar-refractivity contribution is -0.155. The third-order valence-corrected chi connectivity index (χ3v) is 4.90. The van der Waals surface area contributed by atoms with Crippen LogP contribution in [0, 0.1) is 11.3 Å². The predicted octanol–water partition coefficient (Wildman–Crippen LogP) is 0.844. The molecule has 6 nitrogen and oxygen atoms in total. The van der Waals surface area contributed by atoms with Crippen LogP contribution in [0.2, 0.25) is 0 Å². The van der Waals surface area contributed by atoms with Crippen LogP contribution in [0.25, 0.3) is 0 Å². The van der Waals surface area contributed by atoms with Gasteiger partial charge in [0.1, 0.15) is 0 Å². The van der Waals surface area contributed by atoms with E-state index in [2.05, 4.69) is 6.92 Å². The van der Waals surface area contributed by atoms with E-state index in [0.29, 0.717) is 32.2 Å². The van der Waals surface area contributed by atoms with Gasteiger partial charge in [0.25, 0.3) is 0 Å². The number of carboxylic acids is 1. The van der Waals surface area contributed by atoms with Crippen LogP contribution in [0.4, 0.5) is 0 Å². The monoisotopic (exact) mass is 298 g/mol. The van der Waals surface area contributed by atoms with Gasteiger partial charge in [-0.05, 0) is 31.6 Å². The van der Waals surface area contributed by atoms with Crippen molar-refractivity contribution in [2.45, 2.75) is 45.1 Å². The van der Waals surface area contributed by atoms with Crippen molar-refractivity contribution in [2.24, 2.45) is 17.1 Å². The Morgan fingerprint density at radius 2 is 2.05 bits per heavy atom. The first-order valence-electron chi connectivity index (χ1n) is 7.80. The number of amides is 1. The number of carboxylic acid groups (broad SMARTS) is 1. The van der Waals surface area contributed by atoms with Crippen LogP contribution < -0.4 is 5.73 Å². The van der Waals surface area contributed by atoms with Crippen LogP contribution in [-0.2, 0) is 14.3 Å². The van der Waals surface area contributed by atoms with Crippen molar-refractivity contribution >= 4 is 11.9 Å². The van der Waals surface area contributed by atoms with E-state index < -0.39 is 17.5 Å². The quantitative estimate of drug-likeness (QED) is 0.802. The van der Waals surface area contributed by atoms with E-state index in [1.807, 2.05) is 0 Å². The number of aliphatic carboxylic acids is 1. The second kappa shape index (κ2) is 6.75. The van der Waals surface area contributed by atoms with Crippen molar-refractivity contribution in [1.29, 1.82) is 0 Å². The molecule has 2 rings (SSSR count). The Labute approximate surface area is 125 Å². The minimum atomic E-state index is -0.894. The molecule has 1 atom stereocenters. The Morgan fingerprint density at radius 3 is 2.62 bits per heavy atom. The second-order valence-electron chi connectivity index (χ2n) is 6.51. The first-order valence-corrected chi connectivity index (χ1v) is 7.80. The van der Waals surface area contributed by atoms with Crippen LogP contribution >= 0.6 is 0 Å². The van der Waals surface area contributed by atoms with Crippen molar-refractivity contribution < 1.29 is 19.4 Å². The summed E-state index contributed by atoms with van der Waals surface area (Å²) in [6.45, 7) is 3.89. The standard InChI is InChI=1S/C15H26N2O4/c1-11-2-4-15(10-16,5-3-11)14(20)17-6-7-21-12(9-17)8-13(18)19/h11-12H,2-10,16H2,1H3,(H,18,19). The van der Waals surface area contributed by atoms with Crippen LogP contribution in [0.3, 0.4) is 0 Å². The zero-order valence-corrected chi connectivity index (χ0v) is 12.7. The number of rotatable bonds is 4. The molecule has 0 aromatic carbocycles. The normalized spacial score (nSPS) is 33.7. The van der Waals surface area contributed by atoms with Crippen molar-refractivity contribution in [2.75, 3.05) is 26.2 Å². The molecule has 1 saturated heterocycles. The van der Waals surface area contributed by atoms with Gasteiger partial charge in [-0.25, -0.2) is 0 Å². The van der Waals surface area contributed by atoms with Crippen LogP contribution in [0.15, 0.2) is 0 Å². The van der Waals surface area contributed by atoms with Crippen molar-refractivity contribution in [3.63, 3.8) is 0 Å². The molecule has 1 heterocycles. The van der Waals surface area contributed by atoms with Gasteiger partial charge in [0.15, 0.2) is 0 Å². The van der Waals surface area contributed by atoms with E-state index in [-0.39, 0.29) is 12.3 Å². The zero-order valence-electron chi connectivity index (χ0n) is 12.7. The summed E-state index contributed by atoms with van der Waals surface area (Å²) in [5.74, 6) is -0.146. The van der Waals surface area contributed by atoms with E-state index in [0.717, 1.165) is 25.7 Å². The topological polar surface area (TPSA) is 92.9 Å². The summed E-state index contributed by atoms with van der Waals surface area (Å²) in [5, 5.41) is 8.86. The van der Waals surface area contributed by atoms with Crippen LogP contribution in [0.5, 0.6) is 0 Å². The fourth-order valence-corrected chi connectivity index (χ4v) is 3.38. The number of hydrogen-bond acceptors (Lipinski definition) is 4. The molecule has 1 amide bonds. The van der Waals surface area contributed by atoms with Gasteiger partial charge in [-0.2, -0.15) is 0 Å². The molecular formula is C15H26N2O4. The Morgan fingerprint density at radius 1 is 1.38 bits per heavy atom. The summed E-state index contributed by atoms with van der Waals surface area (Å²) in [6.07, 6.45) is 3.28. The smallest absolute Gasteiger partial charge is 0.306 e. The maximum atomic E-state index is 12.9. The molecule has 1 unspecified atom stereocenters. The van der Waals surface area contributed by atoms with Gasteiger partial charge >= 0.3 is 5.97 Å². The Hall–Kier alpha value is -1.14. The average Bonchev–Trinajstić information content (AvgIpc) is 2.47. The van der Waals surface area contributed by atoms with Gasteiger partial charge in [0.2, 0.25) is 5.91 Å². The van der Waals surface area contributed by atoms with E-state index in [4.69, 9.17) is 15.6 Å². The molecule has 2 aliphatic rings. The summed E-state index contributed by atoms with van der Waals surface area (Å²) in [6, 6.07) is 0. The highest BCUT2D eigenvalue weighted by Crippen LogP contribution is 2.39. The molecule has 0 bridgehead atoms. The van der Waals surface area contributed by atoms with E-state index in [1.165, 1.54) is 0 Å². The molecule has 1 aliphatic carbocycles. The first-order chi connectivity index (χ1) is 9.97. The maximum absolute atomic E-state index is 12.9. The van der Waals surface area contributed by atoms with Gasteiger partial charge in [-0.1, -0.05) is 6.92 Å². The summed E-state index contributed by atoms with van der Waals surface area (Å²) < 4.78 is 5.43. The van der Waals surface area contributed by atoms with Crippen molar-refractivity contribution in [3.8, 4) is 0 Å². The van der Waals surface area contributed by atoms with Crippen LogP contribution in [0.1, 0.15) is 39.0 Å². The second-order valence-corrected chi connectivity index (χ2v) is 6.51. The molecule has 120 valence electrons. The third kappa shape index (κ3) is 3.74. The Kier molecular flexibility index (Phi) is 5.22. The molecule has 6 heteroatoms. The van der Waals surface area contributed by atoms with Gasteiger partial charge in [0, 0.05) is 19.6 Å². The molecular weight excluding hydrogens is 272 g/mol. The number of carbonyl (C=O) groups is 2. The van der Waals surface area contributed by atoms with Gasteiger partial charge in [-0.15, -0.1) is 0 Å². The summed E-state index contributed by atoms with van der Waals surface area (Å²) in [4.78, 5) is 25.4. The molecule has 2 fully saturated rings. The highest BCUT2D eigenvalue weighted by Gasteiger charge is 2.43. The highest BCUT2D eigenvalue weighted by molar-refractivity contribution is 5.83. The fourth-order valence-electron chi connectivity index (χ4n) is 3.38. The molecule has 1 saturated carbocycles. The lowest BCUT2D eigenvalue weighted by atomic mass is 9.70. The third-order valence-electron chi connectivity index (χ3n) is 4.90. The average molecular weight is 298 g/mol. The summed E-state index contributed by atoms with van der Waals surface area (Å²) >= 11 is 0. The minimum absolute atomic E-state index is 0.0591. The molecule has 0 spiro atoms. The Bertz CT molecular complexity index is 391. The number of ether oxygens (including phenoxy) is 1. The summed E-state index contributed by atoms with van der Waals surface area (Å²) in [7, 11) is 0. The van der Waals surface area contributed by atoms with E-state index >= 15 is 0 Å². The van der Waals surface area contributed by atoms with E-state index in [1.54, 1.807) is 4.90 Å². The minimum Gasteiger partial charge on any atom is -0.481 e. The molecule has 0 radical (unpaired) electrons. The van der Waals surface area contributed by atoms with Crippen molar-refractivity contribution in [3.05, 3.63) is 0 Å². The largest absolute Gasteiger partial charge is 0.481 e. The Balaban J connectivity index is 2.02. The molecule has 0 aromatic rings. The fraction of sp³-hybridized carbons (Fsp3) is 0.867. The molecule has 21 heavy (non-hydrogen) atoms. The first kappa shape index (κ1) is 16.2. The molecule has 3 N–H and O–H groups in total. The number of carbonyl (C=O) groups excluding carboxylic acids is 1. The lowest BCUT2D eigenvalue weighted by Gasteiger charge is -2.43. The molecule has 0 aromatic heterocycles. The zero-order chi connectivity index (χ0) is 15.5. The molecule has 1 aliphatic heterocycles. The van der Waals surface area contributed by atoms with Gasteiger partial charge in [-0.3, -0.25) is 9.59 Å².